The number of nitrogens with zero attached hydrogens (tertiary/aromatic N) is 4. The molecule has 0 spiro atoms. The normalized spacial score (nSPS) is 14.2. The first-order valence-corrected chi connectivity index (χ1v) is 12.6. The number of carbonyl (C=O) groups is 1. The van der Waals surface area contributed by atoms with Crippen molar-refractivity contribution in [2.75, 3.05) is 13.1 Å². The summed E-state index contributed by atoms with van der Waals surface area (Å²) in [6, 6.07) is 11.2. The van der Waals surface area contributed by atoms with Crippen LogP contribution in [0.3, 0.4) is 0 Å². The number of fused-ring (bicyclic) bond motifs is 3. The van der Waals surface area contributed by atoms with Crippen molar-refractivity contribution in [1.82, 2.24) is 24.8 Å². The summed E-state index contributed by atoms with van der Waals surface area (Å²) >= 11 is 12.5. The van der Waals surface area contributed by atoms with Crippen molar-refractivity contribution in [2.45, 2.75) is 25.7 Å². The Morgan fingerprint density at radius 3 is 2.71 bits per heavy atom. The van der Waals surface area contributed by atoms with Gasteiger partial charge in [-0.1, -0.05) is 41.4 Å². The average molecular weight is 560 g/mol. The lowest BCUT2D eigenvalue weighted by Gasteiger charge is -2.27. The van der Waals surface area contributed by atoms with Gasteiger partial charge in [0.2, 0.25) is 0 Å². The Morgan fingerprint density at radius 1 is 1.13 bits per heavy atom. The lowest BCUT2D eigenvalue weighted by molar-refractivity contribution is -0.137. The number of para-hydroxylation sites is 1. The molecule has 11 heteroatoms. The predicted octanol–water partition coefficient (Wildman–Crippen LogP) is 6.59. The number of benzene rings is 1. The molecule has 0 saturated heterocycles. The van der Waals surface area contributed by atoms with Crippen molar-refractivity contribution < 1.29 is 18.0 Å². The van der Waals surface area contributed by atoms with E-state index in [1.807, 2.05) is 18.2 Å². The smallest absolute Gasteiger partial charge is 0.333 e. The van der Waals surface area contributed by atoms with Crippen LogP contribution in [0.2, 0.25) is 10.2 Å². The number of amides is 1. The summed E-state index contributed by atoms with van der Waals surface area (Å²) in [7, 11) is 0. The van der Waals surface area contributed by atoms with Crippen LogP contribution in [0, 0.1) is 0 Å². The molecule has 0 atom stereocenters. The Balaban J connectivity index is 1.33. The molecule has 0 saturated carbocycles. The minimum atomic E-state index is -4.41. The molecular formula is C27H22Cl2F3N5O. The molecule has 1 amide bonds. The molecule has 4 aromatic rings. The molecule has 0 aliphatic carbocycles. The standard InChI is InChI=1S/C27H22Cl2F3N5O/c28-22-5-1-4-20-21-16-36(11-2-3-19-7-6-18(15-34-19)27(30,31)32)12-9-23(21)37(25(20)22)26(38)35-14-17-8-10-33-24(29)13-17/h1-8,10,13,15H,9,11-12,14,16H2,(H,35,38)/b3-2+. The summed E-state index contributed by atoms with van der Waals surface area (Å²) in [5.41, 5.74) is 3.10. The number of aromatic nitrogens is 3. The molecule has 6 nitrogen and oxygen atoms in total. The molecule has 0 bridgehead atoms. The first-order chi connectivity index (χ1) is 18.2. The highest BCUT2D eigenvalue weighted by Gasteiger charge is 2.30. The van der Waals surface area contributed by atoms with E-state index in [0.29, 0.717) is 47.4 Å². The second kappa shape index (κ2) is 10.8. The van der Waals surface area contributed by atoms with Crippen molar-refractivity contribution in [3.63, 3.8) is 0 Å². The summed E-state index contributed by atoms with van der Waals surface area (Å²) in [6.45, 7) is 2.15. The van der Waals surface area contributed by atoms with Gasteiger partial charge in [0, 0.05) is 56.1 Å². The van der Waals surface area contributed by atoms with Crippen molar-refractivity contribution in [3.05, 3.63) is 99.2 Å². The summed E-state index contributed by atoms with van der Waals surface area (Å²) in [6.07, 6.45) is 2.21. The molecule has 38 heavy (non-hydrogen) atoms. The molecule has 0 fully saturated rings. The van der Waals surface area contributed by atoms with Crippen LogP contribution in [-0.2, 0) is 25.7 Å². The number of hydrogen-bond acceptors (Lipinski definition) is 4. The van der Waals surface area contributed by atoms with Crippen molar-refractivity contribution in [3.8, 4) is 0 Å². The Morgan fingerprint density at radius 2 is 1.97 bits per heavy atom. The fourth-order valence-corrected chi connectivity index (χ4v) is 5.06. The van der Waals surface area contributed by atoms with E-state index < -0.39 is 11.7 Å². The third kappa shape index (κ3) is 5.55. The highest BCUT2D eigenvalue weighted by Crippen LogP contribution is 2.35. The van der Waals surface area contributed by atoms with Crippen LogP contribution in [0.15, 0.2) is 60.9 Å². The van der Waals surface area contributed by atoms with Gasteiger partial charge in [-0.2, -0.15) is 13.2 Å². The molecule has 1 aliphatic heterocycles. The van der Waals surface area contributed by atoms with E-state index in [0.717, 1.165) is 34.5 Å². The maximum Gasteiger partial charge on any atom is 0.417 e. The maximum absolute atomic E-state index is 13.3. The van der Waals surface area contributed by atoms with E-state index in [-0.39, 0.29) is 12.6 Å². The molecule has 0 radical (unpaired) electrons. The maximum atomic E-state index is 13.3. The SMILES string of the molecule is O=C(NCc1ccnc(Cl)c1)n1c2c(c3cccc(Cl)c31)CN(C/C=C/c1ccc(C(F)(F)F)cn1)CC2. The lowest BCUT2D eigenvalue weighted by atomic mass is 10.0. The van der Waals surface area contributed by atoms with Gasteiger partial charge in [0.05, 0.1) is 21.8 Å². The average Bonchev–Trinajstić information content (AvgIpc) is 3.22. The third-order valence-electron chi connectivity index (χ3n) is 6.40. The number of pyridine rings is 2. The van der Waals surface area contributed by atoms with E-state index >= 15 is 0 Å². The number of rotatable bonds is 5. The van der Waals surface area contributed by atoms with Crippen molar-refractivity contribution >= 4 is 46.2 Å². The van der Waals surface area contributed by atoms with E-state index in [4.69, 9.17) is 23.2 Å². The van der Waals surface area contributed by atoms with Crippen LogP contribution in [0.4, 0.5) is 18.0 Å². The Hall–Kier alpha value is -3.40. The fourth-order valence-electron chi connectivity index (χ4n) is 4.60. The summed E-state index contributed by atoms with van der Waals surface area (Å²) in [5, 5.41) is 4.70. The van der Waals surface area contributed by atoms with Gasteiger partial charge in [-0.15, -0.1) is 0 Å². The van der Waals surface area contributed by atoms with Crippen LogP contribution in [0.5, 0.6) is 0 Å². The molecule has 0 unspecified atom stereocenters. The van der Waals surface area contributed by atoms with Gasteiger partial charge in [0.15, 0.2) is 0 Å². The van der Waals surface area contributed by atoms with Crippen molar-refractivity contribution in [1.29, 1.82) is 0 Å². The van der Waals surface area contributed by atoms with Gasteiger partial charge in [0.25, 0.3) is 0 Å². The van der Waals surface area contributed by atoms with E-state index in [1.54, 1.807) is 35.0 Å². The van der Waals surface area contributed by atoms with Gasteiger partial charge < -0.3 is 5.32 Å². The third-order valence-corrected chi connectivity index (χ3v) is 6.92. The van der Waals surface area contributed by atoms with Crippen LogP contribution in [0.25, 0.3) is 17.0 Å². The molecule has 196 valence electrons. The molecule has 5 rings (SSSR count). The van der Waals surface area contributed by atoms with E-state index in [1.165, 1.54) is 6.07 Å². The van der Waals surface area contributed by atoms with Gasteiger partial charge in [-0.25, -0.2) is 9.78 Å². The van der Waals surface area contributed by atoms with Gasteiger partial charge >= 0.3 is 12.2 Å². The monoisotopic (exact) mass is 559 g/mol. The number of halogens is 5. The summed E-state index contributed by atoms with van der Waals surface area (Å²) in [4.78, 5) is 23.4. The first-order valence-electron chi connectivity index (χ1n) is 11.8. The zero-order valence-electron chi connectivity index (χ0n) is 20.0. The van der Waals surface area contributed by atoms with Crippen molar-refractivity contribution in [2.24, 2.45) is 0 Å². The zero-order valence-corrected chi connectivity index (χ0v) is 21.5. The molecular weight excluding hydrogens is 538 g/mol. The van der Waals surface area contributed by atoms with Gasteiger partial charge in [0.1, 0.15) is 5.15 Å². The first kappa shape index (κ1) is 26.2. The Kier molecular flexibility index (Phi) is 7.43. The minimum absolute atomic E-state index is 0.279. The molecule has 1 N–H and O–H groups in total. The van der Waals surface area contributed by atoms with E-state index in [9.17, 15) is 18.0 Å². The predicted molar refractivity (Wildman–Crippen MR) is 141 cm³/mol. The number of hydrogen-bond donors (Lipinski definition) is 1. The summed E-state index contributed by atoms with van der Waals surface area (Å²) in [5.74, 6) is 0. The van der Waals surface area contributed by atoms with Gasteiger partial charge in [-0.3, -0.25) is 14.5 Å². The highest BCUT2D eigenvalue weighted by atomic mass is 35.5. The second-order valence-electron chi connectivity index (χ2n) is 8.90. The Labute approximate surface area is 226 Å². The number of nitrogens with one attached hydrogen (secondary N) is 1. The second-order valence-corrected chi connectivity index (χ2v) is 9.69. The highest BCUT2D eigenvalue weighted by molar-refractivity contribution is 6.35. The van der Waals surface area contributed by atoms with Crippen LogP contribution >= 0.6 is 23.2 Å². The molecule has 4 heterocycles. The van der Waals surface area contributed by atoms with Crippen LogP contribution in [0.1, 0.15) is 28.1 Å². The molecule has 3 aromatic heterocycles. The quantitative estimate of drug-likeness (QED) is 0.280. The topological polar surface area (TPSA) is 63.1 Å². The van der Waals surface area contributed by atoms with Gasteiger partial charge in [-0.05, 0) is 47.5 Å². The molecule has 1 aromatic carbocycles. The zero-order chi connectivity index (χ0) is 26.9. The number of carbonyl (C=O) groups excluding carboxylic acids is 1. The Bertz CT molecular complexity index is 1520. The van der Waals surface area contributed by atoms with E-state index in [2.05, 4.69) is 20.2 Å². The fraction of sp³-hybridized carbons (Fsp3) is 0.222. The lowest BCUT2D eigenvalue weighted by Crippen LogP contribution is -2.34. The largest absolute Gasteiger partial charge is 0.417 e. The summed E-state index contributed by atoms with van der Waals surface area (Å²) < 4.78 is 39.9. The molecule has 1 aliphatic rings. The number of alkyl halides is 3. The van der Waals surface area contributed by atoms with Crippen LogP contribution in [-0.4, -0.2) is 38.6 Å². The minimum Gasteiger partial charge on any atom is -0.333 e. The van der Waals surface area contributed by atoms with Crippen LogP contribution < -0.4 is 5.32 Å².